The molecule has 0 heterocycles. The number of alkyl halides is 1. The zero-order chi connectivity index (χ0) is 12.0. The van der Waals surface area contributed by atoms with Gasteiger partial charge in [-0.15, -0.1) is 0 Å². The number of nitro benzene ring substituents is 1. The van der Waals surface area contributed by atoms with E-state index in [4.69, 9.17) is 0 Å². The lowest BCUT2D eigenvalue weighted by molar-refractivity contribution is -0.384. The first-order valence-corrected chi connectivity index (χ1v) is 5.82. The number of rotatable bonds is 3. The third kappa shape index (κ3) is 3.24. The number of nitro groups is 1. The molecule has 1 aromatic rings. The molecule has 0 saturated heterocycles. The third-order valence-corrected chi connectivity index (χ3v) is 2.31. The van der Waals surface area contributed by atoms with E-state index in [0.29, 0.717) is 11.3 Å². The Hall–Kier alpha value is -1.54. The van der Waals surface area contributed by atoms with E-state index in [-0.39, 0.29) is 5.69 Å². The summed E-state index contributed by atoms with van der Waals surface area (Å²) in [6, 6.07) is 4.91. The molecule has 16 heavy (non-hydrogen) atoms. The van der Waals surface area contributed by atoms with Crippen LogP contribution in [0.25, 0.3) is 0 Å². The summed E-state index contributed by atoms with van der Waals surface area (Å²) in [7, 11) is 1.65. The molecule has 4 nitrogen and oxygen atoms in total. The number of anilines is 1. The molecule has 0 aliphatic heterocycles. The molecular weight excluding hydrogens is 272 g/mol. The molecule has 1 aromatic carbocycles. The number of hydrogen-bond donors (Lipinski definition) is 1. The lowest BCUT2D eigenvalue weighted by atomic mass is 10.1. The van der Waals surface area contributed by atoms with Crippen molar-refractivity contribution in [3.63, 3.8) is 0 Å². The molecule has 0 spiro atoms. The summed E-state index contributed by atoms with van der Waals surface area (Å²) >= 11 is 3.26. The Bertz CT molecular complexity index is 449. The highest BCUT2D eigenvalue weighted by Gasteiger charge is 2.12. The molecular formula is C11H11BrN2O2. The van der Waals surface area contributed by atoms with Crippen LogP contribution in [0.1, 0.15) is 12.0 Å². The van der Waals surface area contributed by atoms with Gasteiger partial charge in [-0.1, -0.05) is 27.8 Å². The van der Waals surface area contributed by atoms with Gasteiger partial charge in [-0.2, -0.15) is 0 Å². The van der Waals surface area contributed by atoms with E-state index in [2.05, 4.69) is 33.1 Å². The maximum atomic E-state index is 10.8. The molecule has 0 aromatic heterocycles. The second-order valence-electron chi connectivity index (χ2n) is 2.98. The highest BCUT2D eigenvalue weighted by molar-refractivity contribution is 9.09. The van der Waals surface area contributed by atoms with Crippen LogP contribution in [0.5, 0.6) is 0 Å². The van der Waals surface area contributed by atoms with Crippen LogP contribution in [-0.2, 0) is 0 Å². The molecule has 0 radical (unpaired) electrons. The average molecular weight is 283 g/mol. The van der Waals surface area contributed by atoms with Crippen molar-refractivity contribution >= 4 is 27.3 Å². The van der Waals surface area contributed by atoms with Crippen molar-refractivity contribution in [1.29, 1.82) is 0 Å². The maximum absolute atomic E-state index is 10.8. The molecule has 84 valence electrons. The summed E-state index contributed by atoms with van der Waals surface area (Å²) in [5, 5.41) is 14.3. The van der Waals surface area contributed by atoms with Gasteiger partial charge in [0.15, 0.2) is 0 Å². The molecule has 0 atom stereocenters. The van der Waals surface area contributed by atoms with Crippen molar-refractivity contribution in [2.24, 2.45) is 0 Å². The summed E-state index contributed by atoms with van der Waals surface area (Å²) < 4.78 is 0. The number of hydrogen-bond acceptors (Lipinski definition) is 3. The van der Waals surface area contributed by atoms with Crippen LogP contribution in [0, 0.1) is 22.0 Å². The SMILES string of the molecule is CNc1ccc(C#CCCBr)cc1[N+](=O)[O-]. The second kappa shape index (κ2) is 6.13. The van der Waals surface area contributed by atoms with Crippen LogP contribution in [0.2, 0.25) is 0 Å². The summed E-state index contributed by atoms with van der Waals surface area (Å²) in [5.74, 6) is 5.80. The van der Waals surface area contributed by atoms with Crippen LogP contribution < -0.4 is 5.32 Å². The largest absolute Gasteiger partial charge is 0.383 e. The molecule has 5 heteroatoms. The van der Waals surface area contributed by atoms with Gasteiger partial charge in [-0.25, -0.2) is 0 Å². The predicted octanol–water partition coefficient (Wildman–Crippen LogP) is 2.77. The first-order valence-electron chi connectivity index (χ1n) is 4.70. The van der Waals surface area contributed by atoms with Crippen molar-refractivity contribution in [2.45, 2.75) is 6.42 Å². The number of nitrogens with one attached hydrogen (secondary N) is 1. The fourth-order valence-corrected chi connectivity index (χ4v) is 1.38. The first-order chi connectivity index (χ1) is 7.69. The van der Waals surface area contributed by atoms with E-state index in [1.54, 1.807) is 19.2 Å². The molecule has 0 bridgehead atoms. The Morgan fingerprint density at radius 2 is 2.31 bits per heavy atom. The Morgan fingerprint density at radius 1 is 1.56 bits per heavy atom. The molecule has 0 fully saturated rings. The van der Waals surface area contributed by atoms with Gasteiger partial charge in [0, 0.05) is 30.4 Å². The summed E-state index contributed by atoms with van der Waals surface area (Å²) in [6.45, 7) is 0. The minimum atomic E-state index is -0.415. The number of benzene rings is 1. The molecule has 0 aliphatic carbocycles. The zero-order valence-electron chi connectivity index (χ0n) is 8.79. The smallest absolute Gasteiger partial charge is 0.293 e. The van der Waals surface area contributed by atoms with E-state index in [1.807, 2.05) is 0 Å². The van der Waals surface area contributed by atoms with E-state index in [0.717, 1.165) is 11.8 Å². The Labute approximate surface area is 102 Å². The van der Waals surface area contributed by atoms with Crippen LogP contribution in [-0.4, -0.2) is 17.3 Å². The van der Waals surface area contributed by atoms with E-state index in [9.17, 15) is 10.1 Å². The first kappa shape index (κ1) is 12.5. The normalized spacial score (nSPS) is 9.12. The summed E-state index contributed by atoms with van der Waals surface area (Å²) in [4.78, 5) is 10.4. The van der Waals surface area contributed by atoms with Crippen molar-refractivity contribution < 1.29 is 4.92 Å². The highest BCUT2D eigenvalue weighted by Crippen LogP contribution is 2.24. The Kier molecular flexibility index (Phi) is 4.80. The van der Waals surface area contributed by atoms with E-state index < -0.39 is 4.92 Å². The van der Waals surface area contributed by atoms with E-state index >= 15 is 0 Å². The molecule has 0 amide bonds. The lowest BCUT2D eigenvalue weighted by Gasteiger charge is -2.01. The van der Waals surface area contributed by atoms with Gasteiger partial charge in [-0.05, 0) is 12.1 Å². The van der Waals surface area contributed by atoms with Crippen molar-refractivity contribution in [3.8, 4) is 11.8 Å². The quantitative estimate of drug-likeness (QED) is 0.401. The topological polar surface area (TPSA) is 55.2 Å². The standard InChI is InChI=1S/C11H11BrN2O2/c1-13-10-6-5-9(4-2-3-7-12)8-11(10)14(15)16/h5-6,8,13H,3,7H2,1H3. The van der Waals surface area contributed by atoms with Gasteiger partial charge in [0.1, 0.15) is 5.69 Å². The highest BCUT2D eigenvalue weighted by atomic mass is 79.9. The van der Waals surface area contributed by atoms with Crippen LogP contribution in [0.15, 0.2) is 18.2 Å². The monoisotopic (exact) mass is 282 g/mol. The van der Waals surface area contributed by atoms with Gasteiger partial charge in [0.05, 0.1) is 4.92 Å². The predicted molar refractivity (Wildman–Crippen MR) is 67.9 cm³/mol. The minimum Gasteiger partial charge on any atom is -0.383 e. The van der Waals surface area contributed by atoms with Gasteiger partial charge in [0.25, 0.3) is 5.69 Å². The van der Waals surface area contributed by atoms with Crippen LogP contribution in [0.4, 0.5) is 11.4 Å². The Morgan fingerprint density at radius 3 is 2.88 bits per heavy atom. The van der Waals surface area contributed by atoms with Crippen molar-refractivity contribution in [3.05, 3.63) is 33.9 Å². The fourth-order valence-electron chi connectivity index (χ4n) is 1.18. The van der Waals surface area contributed by atoms with Crippen molar-refractivity contribution in [1.82, 2.24) is 0 Å². The Balaban J connectivity index is 3.04. The summed E-state index contributed by atoms with van der Waals surface area (Å²) in [5.41, 5.74) is 1.20. The van der Waals surface area contributed by atoms with Crippen LogP contribution in [0.3, 0.4) is 0 Å². The average Bonchev–Trinajstić information content (AvgIpc) is 2.29. The molecule has 0 unspecified atom stereocenters. The lowest BCUT2D eigenvalue weighted by Crippen LogP contribution is -1.96. The maximum Gasteiger partial charge on any atom is 0.293 e. The molecule has 1 rings (SSSR count). The fraction of sp³-hybridized carbons (Fsp3) is 0.273. The van der Waals surface area contributed by atoms with E-state index in [1.165, 1.54) is 6.07 Å². The molecule has 1 N–H and O–H groups in total. The third-order valence-electron chi connectivity index (χ3n) is 1.92. The number of halogens is 1. The second-order valence-corrected chi connectivity index (χ2v) is 3.77. The van der Waals surface area contributed by atoms with Crippen LogP contribution >= 0.6 is 15.9 Å². The van der Waals surface area contributed by atoms with Gasteiger partial charge < -0.3 is 5.32 Å². The summed E-state index contributed by atoms with van der Waals surface area (Å²) in [6.07, 6.45) is 0.724. The molecule has 0 aliphatic rings. The molecule has 0 saturated carbocycles. The van der Waals surface area contributed by atoms with Crippen molar-refractivity contribution in [2.75, 3.05) is 17.7 Å². The number of nitrogens with zero attached hydrogens (tertiary/aromatic N) is 1. The zero-order valence-corrected chi connectivity index (χ0v) is 10.4. The minimum absolute atomic E-state index is 0.0492. The van der Waals surface area contributed by atoms with Gasteiger partial charge in [-0.3, -0.25) is 10.1 Å². The van der Waals surface area contributed by atoms with Gasteiger partial charge in [0.2, 0.25) is 0 Å². The van der Waals surface area contributed by atoms with Gasteiger partial charge >= 0.3 is 0 Å².